The molecule has 1 heterocycles. The number of methoxy groups -OCH3 is 1. The van der Waals surface area contributed by atoms with E-state index in [2.05, 4.69) is 11.8 Å². The van der Waals surface area contributed by atoms with Crippen LogP contribution in [0.2, 0.25) is 0 Å². The standard InChI is InChI=1S/C16H24N2O3/c1-4-21-15(19)12-6-7-13(17)14(10-12)18-9-5-8-16(2,11-18)20-3/h6-7,10H,4-5,8-9,11,17H2,1-3H3. The first kappa shape index (κ1) is 15.6. The third-order valence-corrected chi connectivity index (χ3v) is 4.03. The Kier molecular flexibility index (Phi) is 4.73. The molecule has 1 aliphatic rings. The molecular formula is C16H24N2O3. The van der Waals surface area contributed by atoms with Gasteiger partial charge in [-0.3, -0.25) is 0 Å². The lowest BCUT2D eigenvalue weighted by molar-refractivity contribution is -0.00462. The number of piperidine rings is 1. The van der Waals surface area contributed by atoms with Gasteiger partial charge >= 0.3 is 5.97 Å². The normalized spacial score (nSPS) is 22.1. The molecule has 21 heavy (non-hydrogen) atoms. The minimum atomic E-state index is -0.315. The van der Waals surface area contributed by atoms with Gasteiger partial charge in [0.2, 0.25) is 0 Å². The van der Waals surface area contributed by atoms with Gasteiger partial charge in [-0.2, -0.15) is 0 Å². The molecule has 0 spiro atoms. The smallest absolute Gasteiger partial charge is 0.338 e. The van der Waals surface area contributed by atoms with E-state index in [4.69, 9.17) is 15.2 Å². The Bertz CT molecular complexity index is 518. The quantitative estimate of drug-likeness (QED) is 0.682. The Morgan fingerprint density at radius 1 is 1.48 bits per heavy atom. The summed E-state index contributed by atoms with van der Waals surface area (Å²) in [5.74, 6) is -0.315. The summed E-state index contributed by atoms with van der Waals surface area (Å²) in [6, 6.07) is 5.28. The summed E-state index contributed by atoms with van der Waals surface area (Å²) in [7, 11) is 1.74. The highest BCUT2D eigenvalue weighted by molar-refractivity contribution is 5.92. The van der Waals surface area contributed by atoms with Gasteiger partial charge in [-0.05, 0) is 44.9 Å². The summed E-state index contributed by atoms with van der Waals surface area (Å²) in [5, 5.41) is 0. The number of carbonyl (C=O) groups is 1. The predicted molar refractivity (Wildman–Crippen MR) is 83.7 cm³/mol. The maximum Gasteiger partial charge on any atom is 0.338 e. The molecule has 0 radical (unpaired) electrons. The molecule has 1 saturated heterocycles. The van der Waals surface area contributed by atoms with Gasteiger partial charge in [0.25, 0.3) is 0 Å². The van der Waals surface area contributed by atoms with Gasteiger partial charge in [0.1, 0.15) is 0 Å². The second-order valence-electron chi connectivity index (χ2n) is 5.67. The summed E-state index contributed by atoms with van der Waals surface area (Å²) in [6.07, 6.45) is 2.06. The van der Waals surface area contributed by atoms with Crippen molar-refractivity contribution in [1.82, 2.24) is 0 Å². The van der Waals surface area contributed by atoms with E-state index in [1.165, 1.54) is 0 Å². The molecule has 0 aromatic heterocycles. The summed E-state index contributed by atoms with van der Waals surface area (Å²) >= 11 is 0. The largest absolute Gasteiger partial charge is 0.462 e. The number of nitrogens with zero attached hydrogens (tertiary/aromatic N) is 1. The maximum atomic E-state index is 11.9. The van der Waals surface area contributed by atoms with Crippen LogP contribution in [0.4, 0.5) is 11.4 Å². The van der Waals surface area contributed by atoms with Crippen LogP contribution in [0, 0.1) is 0 Å². The van der Waals surface area contributed by atoms with Crippen LogP contribution in [0.1, 0.15) is 37.0 Å². The number of ether oxygens (including phenoxy) is 2. The third kappa shape index (κ3) is 3.47. The zero-order valence-electron chi connectivity index (χ0n) is 13.0. The summed E-state index contributed by atoms with van der Waals surface area (Å²) in [5.41, 5.74) is 8.00. The zero-order chi connectivity index (χ0) is 15.5. The highest BCUT2D eigenvalue weighted by Gasteiger charge is 2.31. The van der Waals surface area contributed by atoms with Gasteiger partial charge in [-0.15, -0.1) is 0 Å². The molecule has 0 bridgehead atoms. The van der Waals surface area contributed by atoms with Crippen molar-refractivity contribution in [2.45, 2.75) is 32.3 Å². The van der Waals surface area contributed by atoms with E-state index in [0.29, 0.717) is 17.9 Å². The van der Waals surface area contributed by atoms with Crippen LogP contribution in [0.5, 0.6) is 0 Å². The predicted octanol–water partition coefficient (Wildman–Crippen LogP) is 2.45. The van der Waals surface area contributed by atoms with E-state index in [1.54, 1.807) is 26.2 Å². The molecule has 1 fully saturated rings. The Labute approximate surface area is 126 Å². The number of rotatable bonds is 4. The van der Waals surface area contributed by atoms with Crippen molar-refractivity contribution in [2.75, 3.05) is 37.4 Å². The maximum absolute atomic E-state index is 11.9. The molecule has 5 heteroatoms. The fourth-order valence-electron chi connectivity index (χ4n) is 2.74. The topological polar surface area (TPSA) is 64.8 Å². The highest BCUT2D eigenvalue weighted by atomic mass is 16.5. The molecule has 1 unspecified atom stereocenters. The van der Waals surface area contributed by atoms with Crippen molar-refractivity contribution in [3.8, 4) is 0 Å². The lowest BCUT2D eigenvalue weighted by Gasteiger charge is -2.41. The highest BCUT2D eigenvalue weighted by Crippen LogP contribution is 2.32. The summed E-state index contributed by atoms with van der Waals surface area (Å²) in [6.45, 7) is 5.94. The van der Waals surface area contributed by atoms with E-state index in [1.807, 2.05) is 6.07 Å². The Hall–Kier alpha value is -1.75. The average Bonchev–Trinajstić information content (AvgIpc) is 2.48. The first-order valence-electron chi connectivity index (χ1n) is 7.36. The van der Waals surface area contributed by atoms with E-state index >= 15 is 0 Å². The van der Waals surface area contributed by atoms with Gasteiger partial charge in [-0.25, -0.2) is 4.79 Å². The second kappa shape index (κ2) is 6.35. The molecule has 2 N–H and O–H groups in total. The van der Waals surface area contributed by atoms with Gasteiger partial charge in [-0.1, -0.05) is 0 Å². The number of nitrogens with two attached hydrogens (primary N) is 1. The molecular weight excluding hydrogens is 268 g/mol. The zero-order valence-corrected chi connectivity index (χ0v) is 13.0. The lowest BCUT2D eigenvalue weighted by Crippen LogP contribution is -2.47. The second-order valence-corrected chi connectivity index (χ2v) is 5.67. The van der Waals surface area contributed by atoms with Crippen LogP contribution >= 0.6 is 0 Å². The van der Waals surface area contributed by atoms with Crippen molar-refractivity contribution in [3.63, 3.8) is 0 Å². The van der Waals surface area contributed by atoms with Crippen molar-refractivity contribution < 1.29 is 14.3 Å². The van der Waals surface area contributed by atoms with E-state index in [0.717, 1.165) is 31.6 Å². The fraction of sp³-hybridized carbons (Fsp3) is 0.562. The first-order chi connectivity index (χ1) is 9.99. The van der Waals surface area contributed by atoms with E-state index < -0.39 is 0 Å². The molecule has 1 aromatic carbocycles. The molecule has 1 atom stereocenters. The number of anilines is 2. The van der Waals surface area contributed by atoms with E-state index in [9.17, 15) is 4.79 Å². The van der Waals surface area contributed by atoms with Crippen LogP contribution in [0.15, 0.2) is 18.2 Å². The average molecular weight is 292 g/mol. The molecule has 0 aliphatic carbocycles. The van der Waals surface area contributed by atoms with Crippen molar-refractivity contribution in [3.05, 3.63) is 23.8 Å². The fourth-order valence-corrected chi connectivity index (χ4v) is 2.74. The van der Waals surface area contributed by atoms with Crippen LogP contribution in [0.3, 0.4) is 0 Å². The number of carbonyl (C=O) groups excluding carboxylic acids is 1. The number of hydrogen-bond acceptors (Lipinski definition) is 5. The van der Waals surface area contributed by atoms with Crippen LogP contribution < -0.4 is 10.6 Å². The number of benzene rings is 1. The SMILES string of the molecule is CCOC(=O)c1ccc(N)c(N2CCCC(C)(OC)C2)c1. The molecule has 116 valence electrons. The van der Waals surface area contributed by atoms with Gasteiger partial charge in [0.05, 0.1) is 29.1 Å². The molecule has 0 saturated carbocycles. The van der Waals surface area contributed by atoms with Crippen molar-refractivity contribution >= 4 is 17.3 Å². The monoisotopic (exact) mass is 292 g/mol. The third-order valence-electron chi connectivity index (χ3n) is 4.03. The number of nitrogen functional groups attached to an aromatic ring is 1. The van der Waals surface area contributed by atoms with Crippen LogP contribution in [0.25, 0.3) is 0 Å². The minimum absolute atomic E-state index is 0.176. The van der Waals surface area contributed by atoms with Gasteiger partial charge in [0, 0.05) is 20.2 Å². The molecule has 2 rings (SSSR count). The summed E-state index contributed by atoms with van der Waals surface area (Å²) in [4.78, 5) is 14.1. The molecule has 5 nitrogen and oxygen atoms in total. The van der Waals surface area contributed by atoms with E-state index in [-0.39, 0.29) is 11.6 Å². The molecule has 0 amide bonds. The Morgan fingerprint density at radius 3 is 2.90 bits per heavy atom. The Morgan fingerprint density at radius 2 is 2.24 bits per heavy atom. The van der Waals surface area contributed by atoms with Gasteiger partial charge < -0.3 is 20.1 Å². The first-order valence-corrected chi connectivity index (χ1v) is 7.36. The Balaban J connectivity index is 2.26. The number of hydrogen-bond donors (Lipinski definition) is 1. The molecule has 1 aliphatic heterocycles. The minimum Gasteiger partial charge on any atom is -0.462 e. The number of esters is 1. The summed E-state index contributed by atoms with van der Waals surface area (Å²) < 4.78 is 10.7. The van der Waals surface area contributed by atoms with Crippen molar-refractivity contribution in [2.24, 2.45) is 0 Å². The van der Waals surface area contributed by atoms with Crippen molar-refractivity contribution in [1.29, 1.82) is 0 Å². The van der Waals surface area contributed by atoms with Crippen LogP contribution in [-0.2, 0) is 9.47 Å². The van der Waals surface area contributed by atoms with Crippen LogP contribution in [-0.4, -0.2) is 38.4 Å². The van der Waals surface area contributed by atoms with Gasteiger partial charge in [0.15, 0.2) is 0 Å². The molecule has 1 aromatic rings. The lowest BCUT2D eigenvalue weighted by atomic mass is 9.94.